The first-order valence-electron chi connectivity index (χ1n) is 8.32. The molecule has 148 valence electrons. The molecule has 28 heavy (non-hydrogen) atoms. The maximum absolute atomic E-state index is 12.6. The molecule has 0 spiro atoms. The van der Waals surface area contributed by atoms with E-state index in [9.17, 15) is 23.1 Å². The van der Waals surface area contributed by atoms with Crippen molar-refractivity contribution in [3.8, 4) is 5.75 Å². The average molecular weight is 404 g/mol. The van der Waals surface area contributed by atoms with Gasteiger partial charge in [0.15, 0.2) is 0 Å². The van der Waals surface area contributed by atoms with Crippen LogP contribution in [0.2, 0.25) is 0 Å². The third kappa shape index (κ3) is 3.22. The van der Waals surface area contributed by atoms with E-state index in [-0.39, 0.29) is 21.9 Å². The van der Waals surface area contributed by atoms with Crippen LogP contribution in [0.4, 0.5) is 15.3 Å². The molecule has 2 aromatic carbocycles. The van der Waals surface area contributed by atoms with Gasteiger partial charge >= 0.3 is 12.1 Å². The van der Waals surface area contributed by atoms with E-state index in [1.54, 1.807) is 18.2 Å². The molecule has 0 bridgehead atoms. The minimum atomic E-state index is -3.92. The van der Waals surface area contributed by atoms with Crippen LogP contribution in [0.1, 0.15) is 11.7 Å². The molecular weight excluding hydrogens is 384 g/mol. The number of rotatable bonds is 4. The number of benzene rings is 2. The molecule has 2 N–H and O–H groups in total. The smallest absolute Gasteiger partial charge is 0.329 e. The van der Waals surface area contributed by atoms with Crippen LogP contribution in [0.15, 0.2) is 53.4 Å². The highest BCUT2D eigenvalue weighted by Gasteiger charge is 2.40. The first-order chi connectivity index (χ1) is 13.1. The lowest BCUT2D eigenvalue weighted by molar-refractivity contribution is 0.0593. The zero-order chi connectivity index (χ0) is 20.6. The fourth-order valence-corrected chi connectivity index (χ4v) is 4.18. The molecule has 1 fully saturated rings. The van der Waals surface area contributed by atoms with Gasteiger partial charge < -0.3 is 14.9 Å². The average Bonchev–Trinajstić information content (AvgIpc) is 2.68. The van der Waals surface area contributed by atoms with Gasteiger partial charge in [0.1, 0.15) is 11.9 Å². The van der Waals surface area contributed by atoms with Crippen molar-refractivity contribution in [3.63, 3.8) is 0 Å². The number of aromatic hydroxyl groups is 1. The second-order valence-corrected chi connectivity index (χ2v) is 8.06. The third-order valence-electron chi connectivity index (χ3n) is 4.55. The quantitative estimate of drug-likeness (QED) is 0.760. The van der Waals surface area contributed by atoms with E-state index >= 15 is 0 Å². The second kappa shape index (κ2) is 7.04. The Morgan fingerprint density at radius 3 is 2.04 bits per heavy atom. The molecule has 0 aliphatic carbocycles. The number of phenolic OH excluding ortho intramolecular Hbond substituents is 1. The fraction of sp³-hybridized carbons (Fsp3) is 0.222. The number of hydrogen-bond donors (Lipinski definition) is 2. The molecule has 1 saturated heterocycles. The van der Waals surface area contributed by atoms with Gasteiger partial charge in [-0.2, -0.15) is 0 Å². The van der Waals surface area contributed by atoms with E-state index in [1.165, 1.54) is 61.3 Å². The standard InChI is InChI=1S/C18H20N4O5S/c1-20-16(21(2)18(25)22(3)17(20)24)13-10-7-11-14(15(13)23)19-28(26,27)12-8-5-4-6-9-12/h4-11,16,19,23H,1-3H3. The largest absolute Gasteiger partial charge is 0.505 e. The van der Waals surface area contributed by atoms with Crippen LogP contribution in [0.3, 0.4) is 0 Å². The van der Waals surface area contributed by atoms with E-state index < -0.39 is 28.3 Å². The van der Waals surface area contributed by atoms with E-state index in [4.69, 9.17) is 0 Å². The molecule has 9 nitrogen and oxygen atoms in total. The van der Waals surface area contributed by atoms with Crippen LogP contribution >= 0.6 is 0 Å². The molecule has 10 heteroatoms. The monoisotopic (exact) mass is 404 g/mol. The van der Waals surface area contributed by atoms with Crippen LogP contribution in [-0.2, 0) is 10.0 Å². The minimum Gasteiger partial charge on any atom is -0.505 e. The number of sulfonamides is 1. The van der Waals surface area contributed by atoms with Crippen molar-refractivity contribution in [2.45, 2.75) is 11.1 Å². The van der Waals surface area contributed by atoms with E-state index in [0.29, 0.717) is 0 Å². The minimum absolute atomic E-state index is 0.0404. The molecule has 3 rings (SSSR count). The topological polar surface area (TPSA) is 110 Å². The van der Waals surface area contributed by atoms with E-state index in [0.717, 1.165) is 4.90 Å². The highest BCUT2D eigenvalue weighted by Crippen LogP contribution is 2.38. The maximum atomic E-state index is 12.6. The van der Waals surface area contributed by atoms with Crippen molar-refractivity contribution < 1.29 is 23.1 Å². The number of imide groups is 1. The SMILES string of the molecule is CN1C(=O)N(C)C(c2cccc(NS(=O)(=O)c3ccccc3)c2O)N(C)C1=O. The molecule has 0 atom stereocenters. The number of carbonyl (C=O) groups is 2. The Balaban J connectivity index is 2.00. The van der Waals surface area contributed by atoms with Crippen molar-refractivity contribution in [1.29, 1.82) is 0 Å². The van der Waals surface area contributed by atoms with E-state index in [2.05, 4.69) is 4.72 Å². The Hall–Kier alpha value is -3.27. The first-order valence-corrected chi connectivity index (χ1v) is 9.80. The highest BCUT2D eigenvalue weighted by atomic mass is 32.2. The van der Waals surface area contributed by atoms with Gasteiger partial charge in [0.05, 0.1) is 10.6 Å². The first kappa shape index (κ1) is 19.5. The summed E-state index contributed by atoms with van der Waals surface area (Å²) in [7, 11) is 0.425. The van der Waals surface area contributed by atoms with Crippen LogP contribution < -0.4 is 4.72 Å². The van der Waals surface area contributed by atoms with Gasteiger partial charge in [-0.3, -0.25) is 4.72 Å². The molecule has 0 aromatic heterocycles. The number of anilines is 1. The molecule has 2 aromatic rings. The normalized spacial score (nSPS) is 15.9. The summed E-state index contributed by atoms with van der Waals surface area (Å²) < 4.78 is 27.5. The van der Waals surface area contributed by atoms with Crippen LogP contribution in [-0.4, -0.2) is 61.4 Å². The Labute approximate surface area is 162 Å². The summed E-state index contributed by atoms with van der Waals surface area (Å²) in [5, 5.41) is 10.7. The molecule has 0 unspecified atom stereocenters. The van der Waals surface area contributed by atoms with E-state index in [1.807, 2.05) is 0 Å². The number of amides is 4. The number of carbonyl (C=O) groups excluding carboxylic acids is 2. The van der Waals surface area contributed by atoms with Gasteiger partial charge in [0, 0.05) is 26.7 Å². The molecule has 4 amide bonds. The Kier molecular flexibility index (Phi) is 4.90. The molecule has 0 saturated carbocycles. The summed E-state index contributed by atoms with van der Waals surface area (Å²) in [5.74, 6) is -0.365. The van der Waals surface area contributed by atoms with Gasteiger partial charge in [-0.25, -0.2) is 22.9 Å². The third-order valence-corrected chi connectivity index (χ3v) is 5.94. The summed E-state index contributed by atoms with van der Waals surface area (Å²) in [6.45, 7) is 0. The van der Waals surface area contributed by atoms with Crippen molar-refractivity contribution in [2.24, 2.45) is 0 Å². The predicted molar refractivity (Wildman–Crippen MR) is 102 cm³/mol. The molecule has 1 aliphatic heterocycles. The Bertz CT molecular complexity index is 1000. The number of phenols is 1. The van der Waals surface area contributed by atoms with Gasteiger partial charge in [-0.1, -0.05) is 30.3 Å². The lowest BCUT2D eigenvalue weighted by atomic mass is 10.1. The molecule has 1 aliphatic rings. The zero-order valence-corrected chi connectivity index (χ0v) is 16.3. The Morgan fingerprint density at radius 2 is 1.46 bits per heavy atom. The summed E-state index contributed by atoms with van der Waals surface area (Å²) in [5.41, 5.74) is 0.162. The van der Waals surface area contributed by atoms with Crippen molar-refractivity contribution in [3.05, 3.63) is 54.1 Å². The molecule has 1 heterocycles. The van der Waals surface area contributed by atoms with Crippen molar-refractivity contribution >= 4 is 27.8 Å². The van der Waals surface area contributed by atoms with Crippen molar-refractivity contribution in [1.82, 2.24) is 14.7 Å². The van der Waals surface area contributed by atoms with Crippen LogP contribution in [0.25, 0.3) is 0 Å². The van der Waals surface area contributed by atoms with Gasteiger partial charge in [0.25, 0.3) is 10.0 Å². The van der Waals surface area contributed by atoms with Gasteiger partial charge in [-0.05, 0) is 18.2 Å². The molecular formula is C18H20N4O5S. The lowest BCUT2D eigenvalue weighted by Gasteiger charge is -2.43. The molecule has 0 radical (unpaired) electrons. The second-order valence-electron chi connectivity index (χ2n) is 6.38. The highest BCUT2D eigenvalue weighted by molar-refractivity contribution is 7.92. The number of nitrogens with one attached hydrogen (secondary N) is 1. The number of hydrogen-bond acceptors (Lipinski definition) is 5. The summed E-state index contributed by atoms with van der Waals surface area (Å²) in [4.78, 5) is 28.1. The number of nitrogens with zero attached hydrogens (tertiary/aromatic N) is 3. The van der Waals surface area contributed by atoms with Crippen LogP contribution in [0, 0.1) is 0 Å². The summed E-state index contributed by atoms with van der Waals surface area (Å²) in [6.07, 6.45) is -0.891. The maximum Gasteiger partial charge on any atom is 0.329 e. The van der Waals surface area contributed by atoms with Gasteiger partial charge in [0.2, 0.25) is 0 Å². The summed E-state index contributed by atoms with van der Waals surface area (Å²) in [6, 6.07) is 11.1. The van der Waals surface area contributed by atoms with Gasteiger partial charge in [-0.15, -0.1) is 0 Å². The Morgan fingerprint density at radius 1 is 0.893 bits per heavy atom. The predicted octanol–water partition coefficient (Wildman–Crippen LogP) is 2.24. The zero-order valence-electron chi connectivity index (χ0n) is 15.5. The summed E-state index contributed by atoms with van der Waals surface area (Å²) >= 11 is 0. The number of para-hydroxylation sites is 1. The van der Waals surface area contributed by atoms with Crippen molar-refractivity contribution in [2.75, 3.05) is 25.9 Å². The van der Waals surface area contributed by atoms with Crippen LogP contribution in [0.5, 0.6) is 5.75 Å². The fourth-order valence-electron chi connectivity index (χ4n) is 3.10. The lowest BCUT2D eigenvalue weighted by Crippen LogP contribution is -2.58. The number of urea groups is 2.